The van der Waals surface area contributed by atoms with Gasteiger partial charge in [0.15, 0.2) is 0 Å². The first-order valence-electron chi connectivity index (χ1n) is 3.64. The van der Waals surface area contributed by atoms with Gasteiger partial charge < -0.3 is 10.8 Å². The molecule has 1 heterocycles. The molecule has 0 aliphatic carbocycles. The Kier molecular flexibility index (Phi) is 3.48. The van der Waals surface area contributed by atoms with E-state index in [4.69, 9.17) is 10.8 Å². The first kappa shape index (κ1) is 10.5. The van der Waals surface area contributed by atoms with Crippen molar-refractivity contribution in [2.24, 2.45) is 5.73 Å². The van der Waals surface area contributed by atoms with Crippen LogP contribution in [0.5, 0.6) is 0 Å². The summed E-state index contributed by atoms with van der Waals surface area (Å²) in [4.78, 5) is 21.4. The fourth-order valence-electron chi connectivity index (χ4n) is 0.706. The average molecular weight is 216 g/mol. The van der Waals surface area contributed by atoms with Crippen LogP contribution in [0.25, 0.3) is 0 Å². The van der Waals surface area contributed by atoms with E-state index in [2.05, 4.69) is 15.5 Å². The summed E-state index contributed by atoms with van der Waals surface area (Å²) in [5.41, 5.74) is 6.74. The van der Waals surface area contributed by atoms with Gasteiger partial charge in [0.2, 0.25) is 11.0 Å². The van der Waals surface area contributed by atoms with Crippen molar-refractivity contribution in [2.75, 3.05) is 5.32 Å². The maximum atomic E-state index is 11.2. The molecule has 76 valence electrons. The van der Waals surface area contributed by atoms with Gasteiger partial charge in [-0.25, -0.2) is 0 Å². The number of rotatable bonds is 4. The first-order valence-corrected chi connectivity index (χ1v) is 4.52. The van der Waals surface area contributed by atoms with E-state index >= 15 is 0 Å². The van der Waals surface area contributed by atoms with Crippen LogP contribution in [0.15, 0.2) is 5.51 Å². The van der Waals surface area contributed by atoms with Crippen molar-refractivity contribution in [2.45, 2.75) is 12.5 Å². The average Bonchev–Trinajstić information content (AvgIpc) is 2.55. The molecule has 0 aromatic carbocycles. The molecule has 8 heteroatoms. The Morgan fingerprint density at radius 1 is 1.71 bits per heavy atom. The van der Waals surface area contributed by atoms with Crippen LogP contribution in [0, 0.1) is 0 Å². The Labute approximate surface area is 82.9 Å². The number of carboxylic acids is 1. The van der Waals surface area contributed by atoms with Gasteiger partial charge in [0.1, 0.15) is 5.51 Å². The molecule has 0 unspecified atom stereocenters. The molecule has 1 atom stereocenters. The molecule has 0 bridgehead atoms. The number of aliphatic carboxylic acids is 1. The molecule has 1 aromatic rings. The van der Waals surface area contributed by atoms with Gasteiger partial charge in [0.25, 0.3) is 0 Å². The van der Waals surface area contributed by atoms with Crippen LogP contribution in [0.1, 0.15) is 6.42 Å². The summed E-state index contributed by atoms with van der Waals surface area (Å²) in [6.07, 6.45) is -0.412. The van der Waals surface area contributed by atoms with E-state index in [0.717, 1.165) is 11.3 Å². The second kappa shape index (κ2) is 4.63. The highest BCUT2D eigenvalue weighted by molar-refractivity contribution is 7.13. The van der Waals surface area contributed by atoms with Crippen LogP contribution >= 0.6 is 11.3 Å². The molecular weight excluding hydrogens is 208 g/mol. The highest BCUT2D eigenvalue weighted by atomic mass is 32.1. The zero-order valence-corrected chi connectivity index (χ0v) is 7.82. The van der Waals surface area contributed by atoms with E-state index in [-0.39, 0.29) is 0 Å². The molecule has 0 aliphatic heterocycles. The summed E-state index contributed by atoms with van der Waals surface area (Å²) in [7, 11) is 0. The zero-order chi connectivity index (χ0) is 10.6. The Morgan fingerprint density at radius 2 is 2.43 bits per heavy atom. The monoisotopic (exact) mass is 216 g/mol. The van der Waals surface area contributed by atoms with Crippen molar-refractivity contribution < 1.29 is 14.7 Å². The molecule has 7 nitrogen and oxygen atoms in total. The Bertz CT molecular complexity index is 326. The number of nitrogens with one attached hydrogen (secondary N) is 1. The third kappa shape index (κ3) is 3.07. The van der Waals surface area contributed by atoms with Gasteiger partial charge in [-0.3, -0.25) is 14.9 Å². The lowest BCUT2D eigenvalue weighted by molar-refractivity contribution is -0.138. The lowest BCUT2D eigenvalue weighted by atomic mass is 10.2. The topological polar surface area (TPSA) is 118 Å². The van der Waals surface area contributed by atoms with Crippen molar-refractivity contribution in [3.63, 3.8) is 0 Å². The van der Waals surface area contributed by atoms with Gasteiger partial charge in [-0.1, -0.05) is 11.3 Å². The lowest BCUT2D eigenvalue weighted by Gasteiger charge is -2.06. The molecule has 0 saturated heterocycles. The highest BCUT2D eigenvalue weighted by Gasteiger charge is 2.17. The van der Waals surface area contributed by atoms with Crippen molar-refractivity contribution in [1.29, 1.82) is 0 Å². The van der Waals surface area contributed by atoms with Gasteiger partial charge in [-0.15, -0.1) is 10.2 Å². The van der Waals surface area contributed by atoms with E-state index in [1.165, 1.54) is 5.51 Å². The van der Waals surface area contributed by atoms with Crippen molar-refractivity contribution in [1.82, 2.24) is 10.2 Å². The van der Waals surface area contributed by atoms with Crippen LogP contribution in [0.4, 0.5) is 5.13 Å². The van der Waals surface area contributed by atoms with E-state index in [1.54, 1.807) is 0 Å². The number of carboxylic acid groups (broad SMARTS) is 1. The highest BCUT2D eigenvalue weighted by Crippen LogP contribution is 2.08. The predicted molar refractivity (Wildman–Crippen MR) is 48.8 cm³/mol. The molecule has 0 fully saturated rings. The third-order valence-electron chi connectivity index (χ3n) is 1.32. The second-order valence-corrected chi connectivity index (χ2v) is 3.27. The maximum Gasteiger partial charge on any atom is 0.305 e. The quantitative estimate of drug-likeness (QED) is 0.611. The lowest BCUT2D eigenvalue weighted by Crippen LogP contribution is -2.37. The largest absolute Gasteiger partial charge is 0.481 e. The van der Waals surface area contributed by atoms with Gasteiger partial charge in [0.05, 0.1) is 12.5 Å². The van der Waals surface area contributed by atoms with Crippen LogP contribution < -0.4 is 11.1 Å². The number of anilines is 1. The fourth-order valence-corrected chi connectivity index (χ4v) is 1.15. The van der Waals surface area contributed by atoms with Crippen LogP contribution in [0.3, 0.4) is 0 Å². The second-order valence-electron chi connectivity index (χ2n) is 2.44. The van der Waals surface area contributed by atoms with E-state index in [1.807, 2.05) is 0 Å². The summed E-state index contributed by atoms with van der Waals surface area (Å²) >= 11 is 1.13. The van der Waals surface area contributed by atoms with Crippen LogP contribution in [0.2, 0.25) is 0 Å². The predicted octanol–water partition coefficient (Wildman–Crippen LogP) is -0.721. The Hall–Kier alpha value is -1.54. The molecule has 1 amide bonds. The minimum absolute atomic E-state index is 0.302. The standard InChI is InChI=1S/C6H8N4O3S/c7-3(1-4(11)12)5(13)9-6-10-8-2-14-6/h2-3H,1,7H2,(H,11,12)(H,9,10,13)/t3-/m1/s1. The summed E-state index contributed by atoms with van der Waals surface area (Å²) in [6, 6.07) is -1.07. The molecule has 0 spiro atoms. The van der Waals surface area contributed by atoms with Gasteiger partial charge >= 0.3 is 5.97 Å². The molecular formula is C6H8N4O3S. The third-order valence-corrected chi connectivity index (χ3v) is 1.93. The minimum Gasteiger partial charge on any atom is -0.481 e. The van der Waals surface area contributed by atoms with Gasteiger partial charge in [-0.2, -0.15) is 0 Å². The van der Waals surface area contributed by atoms with Crippen LogP contribution in [-0.4, -0.2) is 33.2 Å². The van der Waals surface area contributed by atoms with Crippen molar-refractivity contribution in [3.05, 3.63) is 5.51 Å². The smallest absolute Gasteiger partial charge is 0.305 e. The number of carbonyl (C=O) groups is 2. The number of nitrogens with two attached hydrogens (primary N) is 1. The maximum absolute atomic E-state index is 11.2. The molecule has 0 aliphatic rings. The molecule has 0 saturated carbocycles. The number of carbonyl (C=O) groups excluding carboxylic acids is 1. The van der Waals surface area contributed by atoms with E-state index in [0.29, 0.717) is 5.13 Å². The number of amides is 1. The Balaban J connectivity index is 2.46. The van der Waals surface area contributed by atoms with E-state index in [9.17, 15) is 9.59 Å². The summed E-state index contributed by atoms with van der Waals surface area (Å²) in [6.45, 7) is 0. The van der Waals surface area contributed by atoms with Gasteiger partial charge in [-0.05, 0) is 0 Å². The molecule has 14 heavy (non-hydrogen) atoms. The summed E-state index contributed by atoms with van der Waals surface area (Å²) in [5.74, 6) is -1.70. The molecule has 1 rings (SSSR count). The number of hydrogen-bond acceptors (Lipinski definition) is 6. The molecule has 0 radical (unpaired) electrons. The molecule has 4 N–H and O–H groups in total. The van der Waals surface area contributed by atoms with Crippen molar-refractivity contribution in [3.8, 4) is 0 Å². The number of nitrogens with zero attached hydrogens (tertiary/aromatic N) is 2. The SMILES string of the molecule is N[C@H](CC(=O)O)C(=O)Nc1nncs1. The summed E-state index contributed by atoms with van der Waals surface area (Å²) < 4.78 is 0. The number of hydrogen-bond donors (Lipinski definition) is 3. The Morgan fingerprint density at radius 3 is 2.93 bits per heavy atom. The van der Waals surface area contributed by atoms with Crippen LogP contribution in [-0.2, 0) is 9.59 Å². The van der Waals surface area contributed by atoms with E-state index < -0.39 is 24.3 Å². The first-order chi connectivity index (χ1) is 6.59. The van der Waals surface area contributed by atoms with Crippen molar-refractivity contribution >= 4 is 28.3 Å². The molecule has 1 aromatic heterocycles. The van der Waals surface area contributed by atoms with Gasteiger partial charge in [0, 0.05) is 0 Å². The summed E-state index contributed by atoms with van der Waals surface area (Å²) in [5, 5.41) is 18.1. The fraction of sp³-hybridized carbons (Fsp3) is 0.333. The number of aromatic nitrogens is 2. The minimum atomic E-state index is -1.12. The normalized spacial score (nSPS) is 12.1. The zero-order valence-electron chi connectivity index (χ0n) is 7.01.